The lowest BCUT2D eigenvalue weighted by atomic mass is 9.86. The Labute approximate surface area is 427 Å². The van der Waals surface area contributed by atoms with Gasteiger partial charge in [-0.3, -0.25) is 0 Å². The minimum absolute atomic E-state index is 0.0274. The van der Waals surface area contributed by atoms with Gasteiger partial charge < -0.3 is 19.0 Å². The predicted octanol–water partition coefficient (Wildman–Crippen LogP) is 20.3. The molecule has 1 aromatic heterocycles. The molecule has 0 aliphatic carbocycles. The Morgan fingerprint density at radius 2 is 0.789 bits per heavy atom. The smallest absolute Gasteiger partial charge is 0.148 e. The van der Waals surface area contributed by atoms with Gasteiger partial charge in [-0.1, -0.05) is 198 Å². The largest absolute Gasteiger partial charge is 0.456 e. The molecule has 0 unspecified atom stereocenters. The molecule has 0 aliphatic rings. The van der Waals surface area contributed by atoms with Crippen LogP contribution in [0.15, 0.2) is 192 Å². The van der Waals surface area contributed by atoms with Crippen LogP contribution in [0.4, 0.5) is 34.1 Å². The van der Waals surface area contributed by atoms with Gasteiger partial charge in [0.2, 0.25) is 0 Å². The number of anilines is 6. The van der Waals surface area contributed by atoms with Gasteiger partial charge in [-0.25, -0.2) is 0 Å². The minimum atomic E-state index is -0.254. The minimum Gasteiger partial charge on any atom is -0.456 e. The molecule has 0 atom stereocenters. The van der Waals surface area contributed by atoms with E-state index in [0.717, 1.165) is 73.1 Å². The van der Waals surface area contributed by atoms with Crippen molar-refractivity contribution in [2.75, 3.05) is 9.80 Å². The molecule has 71 heavy (non-hydrogen) atoms. The monoisotopic (exact) mass is 954 g/mol. The van der Waals surface area contributed by atoms with E-state index in [4.69, 9.17) is 20.8 Å². The highest BCUT2D eigenvalue weighted by atomic mass is 35.5. The second-order valence-electron chi connectivity index (χ2n) is 22.9. The summed E-state index contributed by atoms with van der Waals surface area (Å²) in [6.45, 7) is 26.9. The molecular weight excluding hydrogens is 888 g/mol. The fraction of sp³-hybridized carbons (Fsp3) is 0.242. The number of rotatable bonds is 10. The zero-order chi connectivity index (χ0) is 50.5. The molecule has 0 aliphatic heterocycles. The molecule has 1 heterocycles. The Balaban J connectivity index is 1.20. The number of ether oxygens (including phenoxy) is 1. The number of hydrogen-bond acceptors (Lipinski definition) is 4. The van der Waals surface area contributed by atoms with Gasteiger partial charge in [0.15, 0.2) is 0 Å². The summed E-state index contributed by atoms with van der Waals surface area (Å²) < 4.78 is 13.9. The third-order valence-electron chi connectivity index (χ3n) is 13.4. The van der Waals surface area contributed by atoms with Crippen LogP contribution in [0.3, 0.4) is 0 Å². The molecule has 0 radical (unpaired) electrons. The van der Waals surface area contributed by atoms with E-state index < -0.39 is 0 Å². The van der Waals surface area contributed by atoms with Crippen molar-refractivity contribution in [3.63, 3.8) is 0 Å². The van der Waals surface area contributed by atoms with Crippen LogP contribution < -0.4 is 14.5 Å². The van der Waals surface area contributed by atoms with Crippen molar-refractivity contribution in [1.82, 2.24) is 0 Å². The van der Waals surface area contributed by atoms with E-state index in [9.17, 15) is 0 Å². The van der Waals surface area contributed by atoms with Crippen LogP contribution in [0.2, 0.25) is 5.02 Å². The highest BCUT2D eigenvalue weighted by Gasteiger charge is 2.27. The van der Waals surface area contributed by atoms with Gasteiger partial charge in [-0.15, -0.1) is 0 Å². The van der Waals surface area contributed by atoms with Crippen molar-refractivity contribution in [3.8, 4) is 34.1 Å². The van der Waals surface area contributed by atoms with E-state index in [1.807, 2.05) is 18.2 Å². The van der Waals surface area contributed by atoms with Crippen LogP contribution in [-0.4, -0.2) is 0 Å². The molecule has 0 spiro atoms. The lowest BCUT2D eigenvalue weighted by Crippen LogP contribution is -2.16. The summed E-state index contributed by atoms with van der Waals surface area (Å²) in [7, 11) is 0. The number of benzene rings is 8. The van der Waals surface area contributed by atoms with E-state index in [2.05, 4.69) is 263 Å². The molecule has 0 amide bonds. The highest BCUT2D eigenvalue weighted by molar-refractivity contribution is 6.35. The molecule has 0 N–H and O–H groups in total. The standard InChI is InChI=1S/C66H67ClN2O2/c1-63(2,3)46-26-32-50(33-27-46)68(51-34-28-47(29-35-51)64(4,5)6)53-24-19-25-55(42-53)70-59-41-49(66(10,11)12)40-58(60(59)67)69(52-36-30-48(31-37-52)65(7,8)9)54-38-39-56-57(43-54)62(45-22-17-14-18-23-45)71-61(56)44-20-15-13-16-21-44/h13-43H,1-12H3. The highest BCUT2D eigenvalue weighted by Crippen LogP contribution is 2.49. The first-order valence-corrected chi connectivity index (χ1v) is 25.2. The molecule has 0 fully saturated rings. The summed E-state index contributed by atoms with van der Waals surface area (Å²) in [5, 5.41) is 2.53. The van der Waals surface area contributed by atoms with Crippen LogP contribution >= 0.6 is 11.6 Å². The number of furan rings is 1. The summed E-state index contributed by atoms with van der Waals surface area (Å²) in [4.78, 5) is 4.56. The molecule has 0 saturated heterocycles. The van der Waals surface area contributed by atoms with E-state index in [-0.39, 0.29) is 21.7 Å². The molecule has 5 heteroatoms. The summed E-state index contributed by atoms with van der Waals surface area (Å²) in [6.07, 6.45) is 0. The van der Waals surface area contributed by atoms with Crippen molar-refractivity contribution < 1.29 is 9.15 Å². The average molecular weight is 956 g/mol. The van der Waals surface area contributed by atoms with Crippen molar-refractivity contribution in [3.05, 3.63) is 215 Å². The summed E-state index contributed by atoms with van der Waals surface area (Å²) >= 11 is 7.81. The predicted molar refractivity (Wildman–Crippen MR) is 303 cm³/mol. The van der Waals surface area contributed by atoms with Crippen LogP contribution in [-0.2, 0) is 21.7 Å². The second kappa shape index (κ2) is 19.0. The zero-order valence-electron chi connectivity index (χ0n) is 43.5. The van der Waals surface area contributed by atoms with Gasteiger partial charge in [-0.2, -0.15) is 0 Å². The molecular formula is C66H67ClN2O2. The van der Waals surface area contributed by atoms with Crippen molar-refractivity contribution in [2.45, 2.75) is 105 Å². The lowest BCUT2D eigenvalue weighted by Gasteiger charge is -2.31. The van der Waals surface area contributed by atoms with Crippen LogP contribution in [0.5, 0.6) is 11.5 Å². The van der Waals surface area contributed by atoms with Gasteiger partial charge in [0.25, 0.3) is 0 Å². The van der Waals surface area contributed by atoms with Crippen molar-refractivity contribution in [1.29, 1.82) is 0 Å². The first kappa shape index (κ1) is 49.0. The Morgan fingerprint density at radius 3 is 1.25 bits per heavy atom. The van der Waals surface area contributed by atoms with Gasteiger partial charge in [0, 0.05) is 56.4 Å². The fourth-order valence-electron chi connectivity index (χ4n) is 9.15. The Kier molecular flexibility index (Phi) is 13.1. The van der Waals surface area contributed by atoms with E-state index in [1.165, 1.54) is 16.7 Å². The Morgan fingerprint density at radius 1 is 0.366 bits per heavy atom. The first-order chi connectivity index (χ1) is 33.6. The van der Waals surface area contributed by atoms with Gasteiger partial charge in [-0.05, 0) is 123 Å². The fourth-order valence-corrected chi connectivity index (χ4v) is 9.38. The maximum absolute atomic E-state index is 7.81. The van der Waals surface area contributed by atoms with Gasteiger partial charge >= 0.3 is 0 Å². The van der Waals surface area contributed by atoms with Crippen LogP contribution in [0, 0.1) is 0 Å². The van der Waals surface area contributed by atoms with Crippen molar-refractivity contribution >= 4 is 56.5 Å². The summed E-state index contributed by atoms with van der Waals surface area (Å²) in [6, 6.07) is 66.6. The molecule has 9 rings (SSSR count). The quantitative estimate of drug-likeness (QED) is 0.137. The topological polar surface area (TPSA) is 28.9 Å². The number of fused-ring (bicyclic) bond motifs is 1. The lowest BCUT2D eigenvalue weighted by molar-refractivity contribution is 0.479. The van der Waals surface area contributed by atoms with Crippen molar-refractivity contribution in [2.24, 2.45) is 0 Å². The first-order valence-electron chi connectivity index (χ1n) is 24.8. The third kappa shape index (κ3) is 10.4. The third-order valence-corrected chi connectivity index (χ3v) is 13.8. The molecule has 8 aromatic carbocycles. The average Bonchev–Trinajstić information content (AvgIpc) is 3.72. The van der Waals surface area contributed by atoms with E-state index in [0.29, 0.717) is 16.5 Å². The second-order valence-corrected chi connectivity index (χ2v) is 23.3. The zero-order valence-corrected chi connectivity index (χ0v) is 44.2. The van der Waals surface area contributed by atoms with Gasteiger partial charge in [0.05, 0.1) is 5.69 Å². The number of halogens is 1. The normalized spacial score (nSPS) is 12.3. The van der Waals surface area contributed by atoms with E-state index in [1.54, 1.807) is 0 Å². The molecule has 0 saturated carbocycles. The molecule has 0 bridgehead atoms. The van der Waals surface area contributed by atoms with E-state index >= 15 is 0 Å². The SMILES string of the molecule is CC(C)(C)c1ccc(N(c2ccc(C(C)(C)C)cc2)c2cccc(Oc3cc(C(C)(C)C)cc(N(c4ccc(C(C)(C)C)cc4)c4ccc5c(-c6ccccc6)oc(-c6ccccc6)c5c4)c3Cl)c2)cc1. The Hall–Kier alpha value is -7.01. The maximum Gasteiger partial charge on any atom is 0.148 e. The summed E-state index contributed by atoms with van der Waals surface area (Å²) in [5.74, 6) is 2.89. The van der Waals surface area contributed by atoms with Gasteiger partial charge in [0.1, 0.15) is 28.0 Å². The molecule has 9 aromatic rings. The molecule has 360 valence electrons. The maximum atomic E-state index is 7.81. The number of hydrogen-bond donors (Lipinski definition) is 0. The number of nitrogens with zero attached hydrogens (tertiary/aromatic N) is 2. The Bertz CT molecular complexity index is 3230. The summed E-state index contributed by atoms with van der Waals surface area (Å²) in [5.41, 5.74) is 12.5. The van der Waals surface area contributed by atoms with Crippen LogP contribution in [0.25, 0.3) is 33.4 Å². The van der Waals surface area contributed by atoms with Crippen LogP contribution in [0.1, 0.15) is 105 Å². The molecule has 4 nitrogen and oxygen atoms in total.